The number of aryl methyl sites for hydroxylation is 1. The molecule has 0 saturated heterocycles. The van der Waals surface area contributed by atoms with Crippen LogP contribution in [0.3, 0.4) is 0 Å². The highest BCUT2D eigenvalue weighted by Gasteiger charge is 2.44. The molecule has 0 aromatic heterocycles. The fourth-order valence-electron chi connectivity index (χ4n) is 5.18. The Balaban J connectivity index is 1.65. The first kappa shape index (κ1) is 22.8. The van der Waals surface area contributed by atoms with Crippen LogP contribution in [0.4, 0.5) is 4.39 Å². The molecular weight excluding hydrogens is 377 g/mol. The molecule has 0 fully saturated rings. The molecule has 4 heteroatoms. The summed E-state index contributed by atoms with van der Waals surface area (Å²) in [6.45, 7) is 6.17. The second kappa shape index (κ2) is 9.93. The molecular formula is C26H35FNO2. The van der Waals surface area contributed by atoms with E-state index in [-0.39, 0.29) is 23.8 Å². The van der Waals surface area contributed by atoms with Crippen LogP contribution in [0.5, 0.6) is 5.75 Å². The Bertz CT molecular complexity index is 820. The number of nitrogens with zero attached hydrogens (tertiary/aromatic N) is 1. The molecule has 0 unspecified atom stereocenters. The molecule has 0 bridgehead atoms. The van der Waals surface area contributed by atoms with Crippen molar-refractivity contribution in [2.45, 2.75) is 45.4 Å². The summed E-state index contributed by atoms with van der Waals surface area (Å²) in [5, 5.41) is 12.5. The van der Waals surface area contributed by atoms with E-state index < -0.39 is 0 Å². The molecule has 2 aromatic rings. The molecule has 1 aliphatic rings. The normalized spacial score (nSPS) is 21.1. The van der Waals surface area contributed by atoms with Crippen LogP contribution in [0.25, 0.3) is 0 Å². The number of halogens is 1. The summed E-state index contributed by atoms with van der Waals surface area (Å²) in [5.41, 5.74) is 3.31. The van der Waals surface area contributed by atoms with Gasteiger partial charge in [0.1, 0.15) is 11.6 Å². The van der Waals surface area contributed by atoms with Crippen molar-refractivity contribution in [3.05, 3.63) is 65.0 Å². The number of likely N-dealkylation sites (N-methyl/N-ethyl adjacent to an activating group) is 1. The van der Waals surface area contributed by atoms with Crippen LogP contribution in [-0.4, -0.2) is 38.8 Å². The molecule has 163 valence electrons. The minimum atomic E-state index is -0.257. The molecule has 0 aliphatic heterocycles. The number of benzene rings is 2. The molecule has 1 radical (unpaired) electrons. The van der Waals surface area contributed by atoms with E-state index in [1.54, 1.807) is 19.2 Å². The minimum absolute atomic E-state index is 0.0705. The lowest BCUT2D eigenvalue weighted by Gasteiger charge is -2.46. The molecule has 0 saturated carbocycles. The molecule has 1 aliphatic carbocycles. The summed E-state index contributed by atoms with van der Waals surface area (Å²) >= 11 is 0. The maximum atomic E-state index is 13.7. The first-order chi connectivity index (χ1) is 14.4. The Labute approximate surface area is 180 Å². The van der Waals surface area contributed by atoms with Gasteiger partial charge in [0.05, 0.1) is 13.7 Å². The summed E-state index contributed by atoms with van der Waals surface area (Å²) in [6.07, 6.45) is 3.51. The van der Waals surface area contributed by atoms with E-state index in [1.807, 2.05) is 18.2 Å². The lowest BCUT2D eigenvalue weighted by molar-refractivity contribution is 0.00705. The van der Waals surface area contributed by atoms with E-state index in [0.29, 0.717) is 5.92 Å². The number of fused-ring (bicyclic) bond motifs is 1. The summed E-state index contributed by atoms with van der Waals surface area (Å²) in [6, 6.07) is 13.4. The number of rotatable bonds is 9. The van der Waals surface area contributed by atoms with Gasteiger partial charge >= 0.3 is 0 Å². The third-order valence-electron chi connectivity index (χ3n) is 6.88. The first-order valence-electron chi connectivity index (χ1n) is 11.1. The largest absolute Gasteiger partial charge is 0.497 e. The van der Waals surface area contributed by atoms with E-state index in [2.05, 4.69) is 37.9 Å². The number of ether oxygens (including phenoxy) is 1. The average Bonchev–Trinajstić information content (AvgIpc) is 2.76. The number of hydrogen-bond donors (Lipinski definition) is 0. The topological polar surface area (TPSA) is 32.4 Å². The molecule has 0 N–H and O–H groups in total. The zero-order chi connectivity index (χ0) is 21.7. The molecule has 0 amide bonds. The predicted molar refractivity (Wildman–Crippen MR) is 119 cm³/mol. The second-order valence-electron chi connectivity index (χ2n) is 9.22. The van der Waals surface area contributed by atoms with Crippen LogP contribution in [-0.2, 0) is 17.9 Å². The van der Waals surface area contributed by atoms with Crippen LogP contribution < -0.4 is 4.74 Å². The van der Waals surface area contributed by atoms with Crippen molar-refractivity contribution in [1.29, 1.82) is 0 Å². The Morgan fingerprint density at radius 2 is 1.90 bits per heavy atom. The van der Waals surface area contributed by atoms with Crippen molar-refractivity contribution in [1.82, 2.24) is 4.90 Å². The summed E-state index contributed by atoms with van der Waals surface area (Å²) in [5.74, 6) is 1.24. The Hall–Kier alpha value is -1.91. The van der Waals surface area contributed by atoms with Crippen molar-refractivity contribution in [2.75, 3.05) is 33.9 Å². The zero-order valence-corrected chi connectivity index (χ0v) is 18.8. The van der Waals surface area contributed by atoms with Gasteiger partial charge in [0.2, 0.25) is 0 Å². The van der Waals surface area contributed by atoms with Crippen LogP contribution in [0.15, 0.2) is 42.5 Å². The Kier molecular flexibility index (Phi) is 7.54. The molecule has 3 rings (SSSR count). The summed E-state index contributed by atoms with van der Waals surface area (Å²) in [7, 11) is 3.82. The van der Waals surface area contributed by atoms with Crippen LogP contribution in [0.2, 0.25) is 0 Å². The maximum absolute atomic E-state index is 13.7. The van der Waals surface area contributed by atoms with Crippen molar-refractivity contribution < 1.29 is 14.2 Å². The van der Waals surface area contributed by atoms with Gasteiger partial charge in [0, 0.05) is 12.0 Å². The van der Waals surface area contributed by atoms with Crippen molar-refractivity contribution in [3.63, 3.8) is 0 Å². The van der Waals surface area contributed by atoms with Gasteiger partial charge in [-0.05, 0) is 92.1 Å². The van der Waals surface area contributed by atoms with E-state index in [1.165, 1.54) is 11.1 Å². The van der Waals surface area contributed by atoms with E-state index >= 15 is 0 Å². The maximum Gasteiger partial charge on any atom is 0.123 e. The third-order valence-corrected chi connectivity index (χ3v) is 6.88. The molecule has 0 heterocycles. The highest BCUT2D eigenvalue weighted by molar-refractivity contribution is 5.36. The molecule has 2 atom stereocenters. The van der Waals surface area contributed by atoms with Gasteiger partial charge in [-0.1, -0.05) is 32.0 Å². The van der Waals surface area contributed by atoms with Gasteiger partial charge in [-0.2, -0.15) is 0 Å². The van der Waals surface area contributed by atoms with Gasteiger partial charge in [0.15, 0.2) is 0 Å². The molecule has 0 spiro atoms. The zero-order valence-electron chi connectivity index (χ0n) is 18.8. The fourth-order valence-corrected chi connectivity index (χ4v) is 5.18. The van der Waals surface area contributed by atoms with Gasteiger partial charge in [-0.15, -0.1) is 0 Å². The highest BCUT2D eigenvalue weighted by Crippen LogP contribution is 2.51. The number of hydrogen-bond acceptors (Lipinski definition) is 2. The molecule has 3 nitrogen and oxygen atoms in total. The van der Waals surface area contributed by atoms with Gasteiger partial charge in [-0.25, -0.2) is 9.50 Å². The minimum Gasteiger partial charge on any atom is -0.497 e. The lowest BCUT2D eigenvalue weighted by Crippen LogP contribution is -2.42. The van der Waals surface area contributed by atoms with Crippen molar-refractivity contribution in [2.24, 2.45) is 11.3 Å². The molecule has 2 aromatic carbocycles. The molecule has 30 heavy (non-hydrogen) atoms. The van der Waals surface area contributed by atoms with Gasteiger partial charge in [-0.3, -0.25) is 0 Å². The second-order valence-corrected chi connectivity index (χ2v) is 9.22. The van der Waals surface area contributed by atoms with Crippen LogP contribution in [0, 0.1) is 17.2 Å². The predicted octanol–water partition coefficient (Wildman–Crippen LogP) is 5.50. The average molecular weight is 413 g/mol. The summed E-state index contributed by atoms with van der Waals surface area (Å²) in [4.78, 5) is 2.33. The fraction of sp³-hybridized carbons (Fsp3) is 0.538. The third kappa shape index (κ3) is 5.04. The SMILES string of the molecule is COc1ccc(CCN(C)CC[C@]2(C[O])CCc3cc(F)ccc3[C@H]2C(C)C)cc1. The van der Waals surface area contributed by atoms with E-state index in [4.69, 9.17) is 4.74 Å². The highest BCUT2D eigenvalue weighted by atomic mass is 19.1. The summed E-state index contributed by atoms with van der Waals surface area (Å²) < 4.78 is 19.0. The first-order valence-corrected chi connectivity index (χ1v) is 11.1. The van der Waals surface area contributed by atoms with E-state index in [0.717, 1.165) is 50.1 Å². The standard InChI is InChI=1S/C26H35FNO2/c1-19(2)25-24-10-7-22(27)17-21(24)11-13-26(25,18-29)14-16-28(3)15-12-20-5-8-23(30-4)9-6-20/h5-10,17,19,25H,11-16,18H2,1-4H3/t25-,26+/m1/s1. The quantitative estimate of drug-likeness (QED) is 0.545. The smallest absolute Gasteiger partial charge is 0.123 e. The van der Waals surface area contributed by atoms with Gasteiger partial charge in [0.25, 0.3) is 0 Å². The van der Waals surface area contributed by atoms with Gasteiger partial charge < -0.3 is 9.64 Å². The Morgan fingerprint density at radius 1 is 1.17 bits per heavy atom. The number of methoxy groups -OCH3 is 1. The van der Waals surface area contributed by atoms with Crippen LogP contribution >= 0.6 is 0 Å². The van der Waals surface area contributed by atoms with E-state index in [9.17, 15) is 9.50 Å². The van der Waals surface area contributed by atoms with Crippen LogP contribution in [0.1, 0.15) is 49.3 Å². The van der Waals surface area contributed by atoms with Crippen molar-refractivity contribution >= 4 is 0 Å². The lowest BCUT2D eigenvalue weighted by atomic mass is 9.59. The monoisotopic (exact) mass is 412 g/mol. The Morgan fingerprint density at radius 3 is 2.53 bits per heavy atom. The van der Waals surface area contributed by atoms with Crippen molar-refractivity contribution in [3.8, 4) is 5.75 Å².